The molecule has 0 bridgehead atoms. The largest absolute Gasteiger partial charge is 0.484 e. The van der Waals surface area contributed by atoms with Crippen molar-refractivity contribution in [2.45, 2.75) is 18.9 Å². The molecule has 2 aromatic rings. The molecule has 1 aromatic carbocycles. The summed E-state index contributed by atoms with van der Waals surface area (Å²) in [5.74, 6) is -1.20. The molecular weight excluding hydrogens is 340 g/mol. The quantitative estimate of drug-likeness (QED) is 0.817. The second-order valence-electron chi connectivity index (χ2n) is 5.83. The molecular formula is C18H18N2O6. The Morgan fingerprint density at radius 1 is 1.27 bits per heavy atom. The van der Waals surface area contributed by atoms with Crippen molar-refractivity contribution in [3.63, 3.8) is 0 Å². The lowest BCUT2D eigenvalue weighted by molar-refractivity contribution is -0.148. The summed E-state index contributed by atoms with van der Waals surface area (Å²) in [5, 5.41) is 11.8. The first kappa shape index (κ1) is 17.5. The predicted octanol–water partition coefficient (Wildman–Crippen LogP) is 1.99. The number of rotatable bonds is 6. The normalized spacial score (nSPS) is 16.3. The Kier molecular flexibility index (Phi) is 5.21. The first-order valence-electron chi connectivity index (χ1n) is 8.14. The van der Waals surface area contributed by atoms with Crippen LogP contribution >= 0.6 is 0 Å². The van der Waals surface area contributed by atoms with E-state index in [0.29, 0.717) is 30.8 Å². The second kappa shape index (κ2) is 7.73. The summed E-state index contributed by atoms with van der Waals surface area (Å²) >= 11 is 0. The number of hydrogen-bond donors (Lipinski definition) is 2. The number of carboxylic acid groups (broad SMARTS) is 1. The highest BCUT2D eigenvalue weighted by Crippen LogP contribution is 2.20. The third-order valence-corrected chi connectivity index (χ3v) is 4.06. The zero-order valence-electron chi connectivity index (χ0n) is 13.9. The summed E-state index contributed by atoms with van der Waals surface area (Å²) in [7, 11) is 0. The van der Waals surface area contributed by atoms with E-state index in [0.717, 1.165) is 0 Å². The molecule has 0 radical (unpaired) electrons. The van der Waals surface area contributed by atoms with Crippen LogP contribution in [0.25, 0.3) is 0 Å². The molecule has 0 spiro atoms. The number of nitrogens with zero attached hydrogens (tertiary/aromatic N) is 1. The van der Waals surface area contributed by atoms with Crippen LogP contribution < -0.4 is 10.1 Å². The average molecular weight is 358 g/mol. The first-order chi connectivity index (χ1) is 12.5. The molecule has 0 unspecified atom stereocenters. The summed E-state index contributed by atoms with van der Waals surface area (Å²) in [6, 6.07) is 8.95. The van der Waals surface area contributed by atoms with Gasteiger partial charge in [0.05, 0.1) is 6.26 Å². The van der Waals surface area contributed by atoms with E-state index in [9.17, 15) is 14.4 Å². The zero-order chi connectivity index (χ0) is 18.5. The molecule has 2 heterocycles. The van der Waals surface area contributed by atoms with Gasteiger partial charge in [-0.2, -0.15) is 0 Å². The molecule has 26 heavy (non-hydrogen) atoms. The van der Waals surface area contributed by atoms with Gasteiger partial charge in [-0.3, -0.25) is 9.59 Å². The van der Waals surface area contributed by atoms with Gasteiger partial charge >= 0.3 is 5.97 Å². The monoisotopic (exact) mass is 358 g/mol. The van der Waals surface area contributed by atoms with Crippen LogP contribution in [0.2, 0.25) is 0 Å². The van der Waals surface area contributed by atoms with Gasteiger partial charge in [0.2, 0.25) is 0 Å². The van der Waals surface area contributed by atoms with E-state index in [1.807, 2.05) is 0 Å². The molecule has 1 fully saturated rings. The molecule has 1 aliphatic heterocycles. The van der Waals surface area contributed by atoms with Crippen molar-refractivity contribution >= 4 is 23.5 Å². The number of nitrogens with one attached hydrogen (secondary N) is 1. The van der Waals surface area contributed by atoms with Gasteiger partial charge in [0, 0.05) is 18.3 Å². The number of anilines is 1. The zero-order valence-corrected chi connectivity index (χ0v) is 13.9. The van der Waals surface area contributed by atoms with E-state index >= 15 is 0 Å². The molecule has 1 aromatic heterocycles. The second-order valence-corrected chi connectivity index (χ2v) is 5.83. The summed E-state index contributed by atoms with van der Waals surface area (Å²) < 4.78 is 10.5. The standard InChI is InChI=1S/C18H18N2O6/c21-16(20-8-2-6-14(20)18(23)24)11-26-13-5-1-4-12(10-13)19-17(22)15-7-3-9-25-15/h1,3-5,7,9-10,14H,2,6,8,11H2,(H,19,22)(H,23,24)/t14-/m0/s1. The van der Waals surface area contributed by atoms with Crippen LogP contribution in [0.5, 0.6) is 5.75 Å². The van der Waals surface area contributed by atoms with E-state index in [1.54, 1.807) is 36.4 Å². The number of aliphatic carboxylic acids is 1. The lowest BCUT2D eigenvalue weighted by Crippen LogP contribution is -2.42. The summed E-state index contributed by atoms with van der Waals surface area (Å²) in [4.78, 5) is 36.6. The molecule has 0 aliphatic carbocycles. The first-order valence-corrected chi connectivity index (χ1v) is 8.14. The molecule has 136 valence electrons. The van der Waals surface area contributed by atoms with Crippen LogP contribution in [0.3, 0.4) is 0 Å². The van der Waals surface area contributed by atoms with Crippen molar-refractivity contribution in [2.75, 3.05) is 18.5 Å². The van der Waals surface area contributed by atoms with Crippen LogP contribution in [0.1, 0.15) is 23.4 Å². The number of carboxylic acids is 1. The summed E-state index contributed by atoms with van der Waals surface area (Å²) in [6.07, 6.45) is 2.52. The Morgan fingerprint density at radius 3 is 2.85 bits per heavy atom. The molecule has 8 nitrogen and oxygen atoms in total. The van der Waals surface area contributed by atoms with E-state index in [-0.39, 0.29) is 18.3 Å². The van der Waals surface area contributed by atoms with Gasteiger partial charge in [0.25, 0.3) is 11.8 Å². The lowest BCUT2D eigenvalue weighted by atomic mass is 10.2. The van der Waals surface area contributed by atoms with Crippen molar-refractivity contribution < 1.29 is 28.6 Å². The Balaban J connectivity index is 1.58. The van der Waals surface area contributed by atoms with Crippen LogP contribution in [-0.2, 0) is 9.59 Å². The Morgan fingerprint density at radius 2 is 2.12 bits per heavy atom. The van der Waals surface area contributed by atoms with Crippen molar-refractivity contribution in [1.29, 1.82) is 0 Å². The Hall–Kier alpha value is -3.29. The predicted molar refractivity (Wildman–Crippen MR) is 91.0 cm³/mol. The maximum Gasteiger partial charge on any atom is 0.326 e. The Labute approximate surface area is 149 Å². The fraction of sp³-hybridized carbons (Fsp3) is 0.278. The van der Waals surface area contributed by atoms with Gasteiger partial charge in [-0.05, 0) is 37.1 Å². The van der Waals surface area contributed by atoms with E-state index in [4.69, 9.17) is 14.3 Å². The van der Waals surface area contributed by atoms with Gasteiger partial charge < -0.3 is 24.5 Å². The van der Waals surface area contributed by atoms with E-state index in [1.165, 1.54) is 11.2 Å². The third kappa shape index (κ3) is 4.02. The SMILES string of the molecule is O=C(Nc1cccc(OCC(=O)N2CCC[C@H]2C(=O)O)c1)c1ccco1. The molecule has 1 atom stereocenters. The van der Waals surface area contributed by atoms with Gasteiger partial charge in [-0.15, -0.1) is 0 Å². The topological polar surface area (TPSA) is 109 Å². The van der Waals surface area contributed by atoms with Crippen molar-refractivity contribution in [1.82, 2.24) is 4.90 Å². The highest BCUT2D eigenvalue weighted by molar-refractivity contribution is 6.02. The highest BCUT2D eigenvalue weighted by atomic mass is 16.5. The number of carbonyl (C=O) groups excluding carboxylic acids is 2. The number of likely N-dealkylation sites (tertiary alicyclic amines) is 1. The van der Waals surface area contributed by atoms with Crippen LogP contribution in [0, 0.1) is 0 Å². The van der Waals surface area contributed by atoms with Crippen LogP contribution in [-0.4, -0.2) is 47.0 Å². The maximum atomic E-state index is 12.2. The minimum atomic E-state index is -1.00. The minimum absolute atomic E-state index is 0.181. The number of benzene rings is 1. The molecule has 2 N–H and O–H groups in total. The fourth-order valence-corrected chi connectivity index (χ4v) is 2.81. The van der Waals surface area contributed by atoms with Crippen molar-refractivity contribution in [3.8, 4) is 5.75 Å². The molecule has 0 saturated carbocycles. The molecule has 8 heteroatoms. The molecule has 1 saturated heterocycles. The highest BCUT2D eigenvalue weighted by Gasteiger charge is 2.33. The van der Waals surface area contributed by atoms with E-state index in [2.05, 4.69) is 5.32 Å². The third-order valence-electron chi connectivity index (χ3n) is 4.06. The van der Waals surface area contributed by atoms with Crippen molar-refractivity contribution in [2.24, 2.45) is 0 Å². The summed E-state index contributed by atoms with van der Waals surface area (Å²) in [6.45, 7) is 0.151. The van der Waals surface area contributed by atoms with Crippen molar-refractivity contribution in [3.05, 3.63) is 48.4 Å². The summed E-state index contributed by atoms with van der Waals surface area (Å²) in [5.41, 5.74) is 0.487. The lowest BCUT2D eigenvalue weighted by Gasteiger charge is -2.21. The number of hydrogen-bond acceptors (Lipinski definition) is 5. The Bertz CT molecular complexity index is 802. The molecule has 1 aliphatic rings. The van der Waals surface area contributed by atoms with Crippen LogP contribution in [0.15, 0.2) is 47.1 Å². The number of ether oxygens (including phenoxy) is 1. The smallest absolute Gasteiger partial charge is 0.326 e. The van der Waals surface area contributed by atoms with Gasteiger partial charge in [0.15, 0.2) is 12.4 Å². The number of furan rings is 1. The average Bonchev–Trinajstić information content (AvgIpc) is 3.31. The van der Waals surface area contributed by atoms with Gasteiger partial charge in [-0.25, -0.2) is 4.79 Å². The minimum Gasteiger partial charge on any atom is -0.484 e. The van der Waals surface area contributed by atoms with E-state index < -0.39 is 17.9 Å². The maximum absolute atomic E-state index is 12.2. The fourth-order valence-electron chi connectivity index (χ4n) is 2.81. The van der Waals surface area contributed by atoms with Crippen LogP contribution in [0.4, 0.5) is 5.69 Å². The van der Waals surface area contributed by atoms with Gasteiger partial charge in [-0.1, -0.05) is 6.07 Å². The molecule has 2 amide bonds. The number of carbonyl (C=O) groups is 3. The van der Waals surface area contributed by atoms with Gasteiger partial charge in [0.1, 0.15) is 11.8 Å². The number of amides is 2. The molecule has 3 rings (SSSR count).